The van der Waals surface area contributed by atoms with Gasteiger partial charge < -0.3 is 9.47 Å². The highest BCUT2D eigenvalue weighted by molar-refractivity contribution is 6.42. The lowest BCUT2D eigenvalue weighted by atomic mass is 9.73. The predicted octanol–water partition coefficient (Wildman–Crippen LogP) is 4.14. The van der Waals surface area contributed by atoms with Crippen LogP contribution in [0.5, 0.6) is 0 Å². The number of Topliss-reactive ketones (excluding diaryl/α,β-unsaturated/α-hetero) is 1. The van der Waals surface area contributed by atoms with Crippen LogP contribution in [0.3, 0.4) is 0 Å². The van der Waals surface area contributed by atoms with E-state index in [0.717, 1.165) is 18.4 Å². The first kappa shape index (κ1) is 19.1. The van der Waals surface area contributed by atoms with E-state index in [2.05, 4.69) is 11.9 Å². The maximum Gasteiger partial charge on any atom is 0.146 e. The van der Waals surface area contributed by atoms with E-state index in [1.165, 1.54) is 0 Å². The van der Waals surface area contributed by atoms with Gasteiger partial charge in [0.2, 0.25) is 0 Å². The lowest BCUT2D eigenvalue weighted by Crippen LogP contribution is -2.51. The van der Waals surface area contributed by atoms with Gasteiger partial charge in [-0.2, -0.15) is 0 Å². The van der Waals surface area contributed by atoms with Crippen LogP contribution in [0.1, 0.15) is 37.7 Å². The average molecular weight is 386 g/mol. The molecule has 4 nitrogen and oxygen atoms in total. The van der Waals surface area contributed by atoms with Gasteiger partial charge in [-0.1, -0.05) is 36.2 Å². The van der Waals surface area contributed by atoms with E-state index in [4.69, 9.17) is 32.7 Å². The molecule has 2 fully saturated rings. The van der Waals surface area contributed by atoms with Crippen LogP contribution in [0.15, 0.2) is 18.2 Å². The summed E-state index contributed by atoms with van der Waals surface area (Å²) in [5, 5.41) is 1.08. The second-order valence-corrected chi connectivity index (χ2v) is 7.83. The molecule has 1 aromatic rings. The minimum absolute atomic E-state index is 0.0169. The first-order valence-electron chi connectivity index (χ1n) is 8.78. The Balaban J connectivity index is 1.96. The molecule has 3 rings (SSSR count). The molecule has 2 heterocycles. The van der Waals surface area contributed by atoms with Gasteiger partial charge in [-0.25, -0.2) is 0 Å². The summed E-state index contributed by atoms with van der Waals surface area (Å²) in [5.41, 5.74) is 1.09. The molecule has 0 aromatic heterocycles. The Kier molecular flexibility index (Phi) is 6.07. The summed E-state index contributed by atoms with van der Waals surface area (Å²) in [6, 6.07) is 6.21. The Morgan fingerprint density at radius 2 is 2.04 bits per heavy atom. The fraction of sp³-hybridized carbons (Fsp3) is 0.632. The van der Waals surface area contributed by atoms with Crippen LogP contribution in [0.2, 0.25) is 10.0 Å². The van der Waals surface area contributed by atoms with E-state index in [-0.39, 0.29) is 36.6 Å². The molecule has 5 atom stereocenters. The van der Waals surface area contributed by atoms with Gasteiger partial charge in [0.1, 0.15) is 12.6 Å². The Morgan fingerprint density at radius 1 is 1.28 bits per heavy atom. The number of hydrogen-bond acceptors (Lipinski definition) is 4. The molecule has 138 valence electrons. The Morgan fingerprint density at radius 3 is 2.68 bits per heavy atom. The van der Waals surface area contributed by atoms with Crippen molar-refractivity contribution in [3.8, 4) is 0 Å². The van der Waals surface area contributed by atoms with E-state index >= 15 is 0 Å². The van der Waals surface area contributed by atoms with Crippen molar-refractivity contribution in [1.29, 1.82) is 0 Å². The Bertz CT molecular complexity index is 639. The lowest BCUT2D eigenvalue weighted by molar-refractivity contribution is -0.132. The maximum atomic E-state index is 12.9. The zero-order valence-corrected chi connectivity index (χ0v) is 16.4. The van der Waals surface area contributed by atoms with Crippen molar-refractivity contribution in [1.82, 2.24) is 4.90 Å². The predicted molar refractivity (Wildman–Crippen MR) is 99.3 cm³/mol. The zero-order valence-electron chi connectivity index (χ0n) is 14.9. The Hall–Kier alpha value is -0.650. The van der Waals surface area contributed by atoms with Crippen molar-refractivity contribution in [2.24, 2.45) is 5.92 Å². The Labute approximate surface area is 159 Å². The quantitative estimate of drug-likeness (QED) is 0.689. The molecular weight excluding hydrogens is 361 g/mol. The summed E-state index contributed by atoms with van der Waals surface area (Å²) in [6.45, 7) is 2.19. The second kappa shape index (κ2) is 7.93. The third-order valence-corrected chi connectivity index (χ3v) is 6.49. The molecule has 2 aliphatic heterocycles. The molecule has 0 saturated carbocycles. The fourth-order valence-corrected chi connectivity index (χ4v) is 4.87. The van der Waals surface area contributed by atoms with Gasteiger partial charge in [0.25, 0.3) is 0 Å². The lowest BCUT2D eigenvalue weighted by Gasteiger charge is -2.43. The molecular formula is C19H25Cl2NO3. The third kappa shape index (κ3) is 3.60. The van der Waals surface area contributed by atoms with Crippen molar-refractivity contribution >= 4 is 29.0 Å². The minimum Gasteiger partial charge on any atom is -0.359 e. The number of fused-ring (bicyclic) bond motifs is 2. The molecule has 0 aliphatic carbocycles. The molecule has 2 saturated heterocycles. The minimum atomic E-state index is -0.104. The molecule has 6 heteroatoms. The van der Waals surface area contributed by atoms with Gasteiger partial charge in [-0.15, -0.1) is 0 Å². The SMILES string of the molecule is CCC(=O)C1C2[C@H](OCOC)CC(C[C@H]1c1ccc(Cl)c(Cl)c1)N2C. The summed E-state index contributed by atoms with van der Waals surface area (Å²) in [7, 11) is 3.73. The topological polar surface area (TPSA) is 38.8 Å². The maximum absolute atomic E-state index is 12.9. The first-order chi connectivity index (χ1) is 12.0. The number of benzene rings is 1. The van der Waals surface area contributed by atoms with E-state index in [9.17, 15) is 4.79 Å². The van der Waals surface area contributed by atoms with Crippen LogP contribution in [0.25, 0.3) is 0 Å². The number of carbonyl (C=O) groups is 1. The molecule has 0 radical (unpaired) electrons. The molecule has 2 aliphatic rings. The van der Waals surface area contributed by atoms with Crippen LogP contribution in [0.4, 0.5) is 0 Å². The highest BCUT2D eigenvalue weighted by Crippen LogP contribution is 2.48. The largest absolute Gasteiger partial charge is 0.359 e. The zero-order chi connectivity index (χ0) is 18.1. The number of halogens is 2. The van der Waals surface area contributed by atoms with Crippen LogP contribution < -0.4 is 0 Å². The van der Waals surface area contributed by atoms with Crippen LogP contribution >= 0.6 is 23.2 Å². The van der Waals surface area contributed by atoms with E-state index in [0.29, 0.717) is 22.5 Å². The summed E-state index contributed by atoms with van der Waals surface area (Å²) in [4.78, 5) is 15.2. The number of methoxy groups -OCH3 is 1. The van der Waals surface area contributed by atoms with Crippen molar-refractivity contribution < 1.29 is 14.3 Å². The van der Waals surface area contributed by atoms with Crippen LogP contribution in [0, 0.1) is 5.92 Å². The monoisotopic (exact) mass is 385 g/mol. The van der Waals surface area contributed by atoms with Crippen LogP contribution in [-0.4, -0.2) is 49.8 Å². The normalized spacial score (nSPS) is 32.1. The van der Waals surface area contributed by atoms with Gasteiger partial charge in [0, 0.05) is 31.5 Å². The van der Waals surface area contributed by atoms with Crippen molar-refractivity contribution in [3.05, 3.63) is 33.8 Å². The second-order valence-electron chi connectivity index (χ2n) is 7.02. The number of ether oxygens (including phenoxy) is 2. The third-order valence-electron chi connectivity index (χ3n) is 5.75. The van der Waals surface area contributed by atoms with Crippen molar-refractivity contribution in [2.45, 2.75) is 50.3 Å². The smallest absolute Gasteiger partial charge is 0.146 e. The number of likely N-dealkylation sites (N-methyl/N-ethyl adjacent to an activating group) is 1. The van der Waals surface area contributed by atoms with Gasteiger partial charge in [-0.3, -0.25) is 9.69 Å². The van der Waals surface area contributed by atoms with E-state index in [1.54, 1.807) is 7.11 Å². The highest BCUT2D eigenvalue weighted by Gasteiger charge is 2.53. The molecule has 0 amide bonds. The molecule has 0 spiro atoms. The number of carbonyl (C=O) groups excluding carboxylic acids is 1. The molecule has 1 aromatic carbocycles. The van der Waals surface area contributed by atoms with Gasteiger partial charge in [0.05, 0.1) is 16.1 Å². The molecule has 2 bridgehead atoms. The fourth-order valence-electron chi connectivity index (χ4n) is 4.56. The van der Waals surface area contributed by atoms with Gasteiger partial charge in [-0.05, 0) is 43.5 Å². The van der Waals surface area contributed by atoms with Crippen molar-refractivity contribution in [3.63, 3.8) is 0 Å². The number of hydrogen-bond donors (Lipinski definition) is 0. The number of nitrogens with zero attached hydrogens (tertiary/aromatic N) is 1. The number of ketones is 1. The molecule has 0 N–H and O–H groups in total. The highest BCUT2D eigenvalue weighted by atomic mass is 35.5. The van der Waals surface area contributed by atoms with E-state index in [1.807, 2.05) is 25.1 Å². The average Bonchev–Trinajstić information content (AvgIpc) is 2.80. The number of rotatable bonds is 6. The first-order valence-corrected chi connectivity index (χ1v) is 9.53. The van der Waals surface area contributed by atoms with Gasteiger partial charge in [0.15, 0.2) is 0 Å². The summed E-state index contributed by atoms with van der Waals surface area (Å²) in [6.07, 6.45) is 2.39. The number of piperidine rings is 1. The molecule has 25 heavy (non-hydrogen) atoms. The van der Waals surface area contributed by atoms with Gasteiger partial charge >= 0.3 is 0 Å². The molecule has 3 unspecified atom stereocenters. The summed E-state index contributed by atoms with van der Waals surface area (Å²) < 4.78 is 11.0. The van der Waals surface area contributed by atoms with E-state index < -0.39 is 0 Å². The summed E-state index contributed by atoms with van der Waals surface area (Å²) in [5.74, 6) is 0.316. The van der Waals surface area contributed by atoms with Crippen molar-refractivity contribution in [2.75, 3.05) is 21.0 Å². The standard InChI is InChI=1S/C19H25Cl2NO3/c1-4-16(23)18-13(11-5-6-14(20)15(21)7-11)8-12-9-17(25-10-24-3)19(18)22(12)2/h5-7,12-13,17-19H,4,8-10H2,1-3H3/t12?,13-,17+,18?,19?/m0/s1. The summed E-state index contributed by atoms with van der Waals surface area (Å²) >= 11 is 12.3. The van der Waals surface area contributed by atoms with Crippen LogP contribution in [-0.2, 0) is 14.3 Å².